The van der Waals surface area contributed by atoms with Crippen molar-refractivity contribution in [3.63, 3.8) is 0 Å². The third kappa shape index (κ3) is 4.37. The Morgan fingerprint density at radius 2 is 2.32 bits per heavy atom. The first-order chi connectivity index (χ1) is 13.5. The van der Waals surface area contributed by atoms with Gasteiger partial charge >= 0.3 is 5.97 Å². The second-order valence-corrected chi connectivity index (χ2v) is 6.40. The zero-order valence-corrected chi connectivity index (χ0v) is 15.6. The van der Waals surface area contributed by atoms with Crippen molar-refractivity contribution in [1.82, 2.24) is 4.98 Å². The van der Waals surface area contributed by atoms with Gasteiger partial charge in [0, 0.05) is 36.5 Å². The van der Waals surface area contributed by atoms with Crippen LogP contribution < -0.4 is 15.8 Å². The summed E-state index contributed by atoms with van der Waals surface area (Å²) in [5, 5.41) is 12.4. The number of nitrogens with zero attached hydrogens (tertiary/aromatic N) is 2. The lowest BCUT2D eigenvalue weighted by atomic mass is 10.0. The van der Waals surface area contributed by atoms with Crippen LogP contribution in [-0.4, -0.2) is 28.9 Å². The van der Waals surface area contributed by atoms with Gasteiger partial charge in [0.2, 0.25) is 0 Å². The highest BCUT2D eigenvalue weighted by Gasteiger charge is 2.22. The molecule has 144 valence electrons. The van der Waals surface area contributed by atoms with E-state index in [1.165, 1.54) is 0 Å². The van der Waals surface area contributed by atoms with Crippen molar-refractivity contribution in [2.24, 2.45) is 10.7 Å². The summed E-state index contributed by atoms with van der Waals surface area (Å²) in [4.78, 5) is 19.6. The molecule has 0 radical (unpaired) electrons. The minimum Gasteiger partial charge on any atom is -0.492 e. The number of carbonyl (C=O) groups is 1. The van der Waals surface area contributed by atoms with Gasteiger partial charge in [-0.15, -0.1) is 0 Å². The van der Waals surface area contributed by atoms with Crippen LogP contribution in [0.4, 0.5) is 5.82 Å². The number of rotatable bonds is 7. The van der Waals surface area contributed by atoms with Crippen LogP contribution in [0, 0.1) is 0 Å². The molecule has 0 unspecified atom stereocenters. The largest absolute Gasteiger partial charge is 0.492 e. The average Bonchev–Trinajstić information content (AvgIpc) is 3.16. The van der Waals surface area contributed by atoms with Crippen molar-refractivity contribution in [2.75, 3.05) is 11.9 Å². The maximum atomic E-state index is 11.1. The Morgan fingerprint density at radius 3 is 3.07 bits per heavy atom. The number of fused-ring (bicyclic) bond motifs is 1. The molecule has 1 aromatic heterocycles. The molecule has 7 nitrogen and oxygen atoms in total. The Morgan fingerprint density at radius 1 is 1.50 bits per heavy atom. The Labute approximate surface area is 163 Å². The zero-order valence-electron chi connectivity index (χ0n) is 15.6. The maximum absolute atomic E-state index is 11.1. The summed E-state index contributed by atoms with van der Waals surface area (Å²) in [6.45, 7) is 6.55. The van der Waals surface area contributed by atoms with E-state index in [0.717, 1.165) is 40.3 Å². The van der Waals surface area contributed by atoms with Gasteiger partial charge in [-0.2, -0.15) is 0 Å². The quantitative estimate of drug-likeness (QED) is 0.638. The van der Waals surface area contributed by atoms with Crippen molar-refractivity contribution in [3.8, 4) is 5.75 Å². The predicted molar refractivity (Wildman–Crippen MR) is 110 cm³/mol. The van der Waals surface area contributed by atoms with Crippen LogP contribution in [0.2, 0.25) is 0 Å². The second-order valence-electron chi connectivity index (χ2n) is 6.40. The number of aromatic carboxylic acids is 1. The van der Waals surface area contributed by atoms with Gasteiger partial charge in [-0.05, 0) is 36.3 Å². The standard InChI is InChI=1S/C21H22N4O3/c1-13(6-8-23-14(2)22)18-12-25-20(17-7-9-28-19(17)18)24-11-15-4-3-5-16(10-15)21(26)27/h3-6,8,10,12H,2,7,9,11,22H2,1H3,(H,24,25)(H,26,27)/b13-6+,23-8?. The van der Waals surface area contributed by atoms with Gasteiger partial charge in [-0.3, -0.25) is 0 Å². The first kappa shape index (κ1) is 19.2. The molecule has 4 N–H and O–H groups in total. The summed E-state index contributed by atoms with van der Waals surface area (Å²) in [5.74, 6) is 0.858. The molecule has 3 rings (SSSR count). The smallest absolute Gasteiger partial charge is 0.335 e. The van der Waals surface area contributed by atoms with Gasteiger partial charge in [0.15, 0.2) is 0 Å². The van der Waals surface area contributed by atoms with Crippen LogP contribution in [0.5, 0.6) is 5.75 Å². The number of benzene rings is 1. The summed E-state index contributed by atoms with van der Waals surface area (Å²) in [7, 11) is 0. The molecule has 7 heteroatoms. The van der Waals surface area contributed by atoms with Crippen LogP contribution in [0.1, 0.15) is 34.0 Å². The zero-order chi connectivity index (χ0) is 20.1. The Hall–Kier alpha value is -3.61. The number of carboxylic acid groups (broad SMARTS) is 1. The van der Waals surface area contributed by atoms with Crippen LogP contribution >= 0.6 is 0 Å². The molecule has 0 saturated heterocycles. The second kappa shape index (κ2) is 8.39. The van der Waals surface area contributed by atoms with E-state index in [2.05, 4.69) is 21.9 Å². The Kier molecular flexibility index (Phi) is 5.74. The van der Waals surface area contributed by atoms with E-state index >= 15 is 0 Å². The lowest BCUT2D eigenvalue weighted by Crippen LogP contribution is -2.06. The lowest BCUT2D eigenvalue weighted by Gasteiger charge is -2.13. The van der Waals surface area contributed by atoms with Crippen LogP contribution in [0.25, 0.3) is 5.57 Å². The van der Waals surface area contributed by atoms with Gasteiger partial charge in [0.25, 0.3) is 0 Å². The molecule has 0 aliphatic carbocycles. The van der Waals surface area contributed by atoms with Gasteiger partial charge in [-0.25, -0.2) is 14.8 Å². The van der Waals surface area contributed by atoms with Crippen LogP contribution in [0.3, 0.4) is 0 Å². The molecule has 0 atom stereocenters. The number of nitrogens with two attached hydrogens (primary N) is 1. The highest BCUT2D eigenvalue weighted by molar-refractivity contribution is 5.88. The molecular weight excluding hydrogens is 356 g/mol. The lowest BCUT2D eigenvalue weighted by molar-refractivity contribution is 0.0696. The highest BCUT2D eigenvalue weighted by Crippen LogP contribution is 2.37. The molecule has 28 heavy (non-hydrogen) atoms. The minimum atomic E-state index is -0.942. The first-order valence-electron chi connectivity index (χ1n) is 8.82. The normalized spacial score (nSPS) is 13.2. The van der Waals surface area contributed by atoms with Crippen molar-refractivity contribution < 1.29 is 14.6 Å². The van der Waals surface area contributed by atoms with E-state index in [9.17, 15) is 4.79 Å². The first-order valence-corrected chi connectivity index (χ1v) is 8.82. The SMILES string of the molecule is C=C(N)N=C/C=C(\C)c1cnc(NCc2cccc(C(=O)O)c2)c2c1OCC2. The van der Waals surface area contributed by atoms with Crippen LogP contribution in [0.15, 0.2) is 53.9 Å². The van der Waals surface area contributed by atoms with Crippen LogP contribution in [-0.2, 0) is 13.0 Å². The van der Waals surface area contributed by atoms with Crippen molar-refractivity contribution >= 4 is 23.6 Å². The van der Waals surface area contributed by atoms with Gasteiger partial charge < -0.3 is 20.9 Å². The summed E-state index contributed by atoms with van der Waals surface area (Å²) < 4.78 is 5.84. The number of ether oxygens (including phenoxy) is 1. The molecule has 0 bridgehead atoms. The van der Waals surface area contributed by atoms with Crippen molar-refractivity contribution in [2.45, 2.75) is 19.9 Å². The summed E-state index contributed by atoms with van der Waals surface area (Å²) in [6, 6.07) is 6.83. The number of aromatic nitrogens is 1. The number of pyridine rings is 1. The molecule has 1 aromatic carbocycles. The number of hydrogen-bond donors (Lipinski definition) is 3. The molecule has 1 aliphatic rings. The molecule has 0 amide bonds. The molecule has 2 aromatic rings. The number of allylic oxidation sites excluding steroid dienone is 2. The minimum absolute atomic E-state index is 0.246. The fourth-order valence-electron chi connectivity index (χ4n) is 2.96. The number of anilines is 1. The highest BCUT2D eigenvalue weighted by atomic mass is 16.5. The van der Waals surface area contributed by atoms with E-state index in [0.29, 0.717) is 13.2 Å². The fourth-order valence-corrected chi connectivity index (χ4v) is 2.96. The predicted octanol–water partition coefficient (Wildman–Crippen LogP) is 3.23. The Bertz CT molecular complexity index is 980. The van der Waals surface area contributed by atoms with Crippen molar-refractivity contribution in [3.05, 3.63) is 71.2 Å². The molecule has 0 spiro atoms. The molecular formula is C21H22N4O3. The monoisotopic (exact) mass is 378 g/mol. The van der Waals surface area contributed by atoms with E-state index in [1.807, 2.05) is 19.1 Å². The summed E-state index contributed by atoms with van der Waals surface area (Å²) >= 11 is 0. The maximum Gasteiger partial charge on any atom is 0.335 e. The van der Waals surface area contributed by atoms with E-state index in [1.54, 1.807) is 30.6 Å². The van der Waals surface area contributed by atoms with Crippen molar-refractivity contribution in [1.29, 1.82) is 0 Å². The van der Waals surface area contributed by atoms with Gasteiger partial charge in [0.05, 0.1) is 12.2 Å². The van der Waals surface area contributed by atoms with E-state index < -0.39 is 5.97 Å². The number of aliphatic imine (C=N–C) groups is 1. The third-order valence-electron chi connectivity index (χ3n) is 4.35. The van der Waals surface area contributed by atoms with Gasteiger partial charge in [0.1, 0.15) is 17.4 Å². The van der Waals surface area contributed by atoms with E-state index in [-0.39, 0.29) is 11.4 Å². The van der Waals surface area contributed by atoms with E-state index in [4.69, 9.17) is 15.6 Å². The Balaban J connectivity index is 1.81. The molecule has 0 saturated carbocycles. The molecule has 2 heterocycles. The van der Waals surface area contributed by atoms with Gasteiger partial charge in [-0.1, -0.05) is 18.7 Å². The summed E-state index contributed by atoms with van der Waals surface area (Å²) in [6.07, 6.45) is 5.95. The molecule has 0 fully saturated rings. The number of nitrogens with one attached hydrogen (secondary N) is 1. The third-order valence-corrected chi connectivity index (χ3v) is 4.35. The molecule has 1 aliphatic heterocycles. The topological polar surface area (TPSA) is 110 Å². The fraction of sp³-hybridized carbons (Fsp3) is 0.190. The average molecular weight is 378 g/mol. The number of carboxylic acids is 1. The number of hydrogen-bond acceptors (Lipinski definition) is 6. The summed E-state index contributed by atoms with van der Waals surface area (Å²) in [5.41, 5.74) is 9.44.